The van der Waals surface area contributed by atoms with Gasteiger partial charge in [0.25, 0.3) is 0 Å². The van der Waals surface area contributed by atoms with E-state index in [0.29, 0.717) is 0 Å². The van der Waals surface area contributed by atoms with Crippen LogP contribution in [0.3, 0.4) is 0 Å². The van der Waals surface area contributed by atoms with Crippen LogP contribution in [-0.4, -0.2) is 25.6 Å². The lowest BCUT2D eigenvalue weighted by Crippen LogP contribution is -2.25. The maximum Gasteiger partial charge on any atom is 0.214 e. The van der Waals surface area contributed by atoms with Crippen LogP contribution in [0, 0.1) is 10.1 Å². The first kappa shape index (κ1) is 18.0. The molecule has 0 bridgehead atoms. The molecule has 0 N–H and O–H groups in total. The molecular formula is C21H24N2O3. The van der Waals surface area contributed by atoms with Gasteiger partial charge in [-0.2, -0.15) is 0 Å². The molecule has 0 radical (unpaired) electrons. The van der Waals surface area contributed by atoms with Crippen molar-refractivity contribution in [3.63, 3.8) is 0 Å². The quantitative estimate of drug-likeness (QED) is 0.592. The van der Waals surface area contributed by atoms with Crippen LogP contribution >= 0.6 is 0 Å². The largest absolute Gasteiger partial charge is 0.497 e. The first-order chi connectivity index (χ1) is 12.3. The minimum Gasteiger partial charge on any atom is -0.497 e. The van der Waals surface area contributed by atoms with Crippen LogP contribution in [0.2, 0.25) is 0 Å². The highest BCUT2D eigenvalue weighted by atomic mass is 16.6. The average molecular weight is 352 g/mol. The van der Waals surface area contributed by atoms with E-state index in [1.54, 1.807) is 7.11 Å². The first-order valence-corrected chi connectivity index (χ1v) is 8.66. The molecule has 0 aromatic heterocycles. The number of fused-ring (bicyclic) bond motifs is 1. The van der Waals surface area contributed by atoms with Crippen LogP contribution in [0.15, 0.2) is 60.3 Å². The van der Waals surface area contributed by atoms with Crippen molar-refractivity contribution in [2.24, 2.45) is 0 Å². The van der Waals surface area contributed by atoms with E-state index in [0.717, 1.165) is 22.7 Å². The number of nitrogens with zero attached hydrogens (tertiary/aromatic N) is 2. The highest BCUT2D eigenvalue weighted by Gasteiger charge is 2.39. The van der Waals surface area contributed by atoms with Gasteiger partial charge in [0, 0.05) is 28.8 Å². The van der Waals surface area contributed by atoms with Crippen molar-refractivity contribution >= 4 is 5.69 Å². The molecule has 1 unspecified atom stereocenters. The third-order valence-electron chi connectivity index (χ3n) is 5.19. The van der Waals surface area contributed by atoms with Gasteiger partial charge < -0.3 is 9.64 Å². The molecule has 0 saturated heterocycles. The summed E-state index contributed by atoms with van der Waals surface area (Å²) in [5, 5.41) is 11.3. The zero-order valence-corrected chi connectivity index (χ0v) is 15.6. The number of anilines is 1. The highest BCUT2D eigenvalue weighted by molar-refractivity contribution is 5.70. The van der Waals surface area contributed by atoms with Crippen LogP contribution in [0.5, 0.6) is 5.75 Å². The number of hydrogen-bond acceptors (Lipinski definition) is 4. The molecule has 136 valence electrons. The summed E-state index contributed by atoms with van der Waals surface area (Å²) < 4.78 is 5.20. The van der Waals surface area contributed by atoms with E-state index in [1.807, 2.05) is 49.5 Å². The number of ether oxygens (including phenoxy) is 1. The summed E-state index contributed by atoms with van der Waals surface area (Å²) >= 11 is 0. The number of methoxy groups -OCH3 is 1. The fourth-order valence-electron chi connectivity index (χ4n) is 3.76. The van der Waals surface area contributed by atoms with Crippen molar-refractivity contribution in [3.05, 3.63) is 81.5 Å². The lowest BCUT2D eigenvalue weighted by molar-refractivity contribution is -0.481. The molecule has 0 fully saturated rings. The summed E-state index contributed by atoms with van der Waals surface area (Å²) in [5.74, 6) is 0.439. The molecule has 2 aromatic rings. The topological polar surface area (TPSA) is 55.6 Å². The third-order valence-corrected chi connectivity index (χ3v) is 5.19. The predicted octanol–water partition coefficient (Wildman–Crippen LogP) is 4.37. The number of likely N-dealkylation sites (N-methyl/N-ethyl adjacent to an activating group) is 1. The second kappa shape index (κ2) is 6.83. The van der Waals surface area contributed by atoms with Gasteiger partial charge in [0.2, 0.25) is 6.54 Å². The molecule has 0 spiro atoms. The lowest BCUT2D eigenvalue weighted by Gasteiger charge is -2.26. The van der Waals surface area contributed by atoms with Crippen molar-refractivity contribution < 1.29 is 9.66 Å². The maximum atomic E-state index is 11.3. The van der Waals surface area contributed by atoms with Gasteiger partial charge >= 0.3 is 0 Å². The summed E-state index contributed by atoms with van der Waals surface area (Å²) in [6.45, 7) is 4.19. The normalized spacial score (nSPS) is 17.8. The summed E-state index contributed by atoms with van der Waals surface area (Å²) in [6, 6.07) is 15.8. The van der Waals surface area contributed by atoms with Gasteiger partial charge in [-0.25, -0.2) is 0 Å². The number of allylic oxidation sites excluding steroid dienone is 1. The van der Waals surface area contributed by atoms with E-state index >= 15 is 0 Å². The van der Waals surface area contributed by atoms with Crippen molar-refractivity contribution in [3.8, 4) is 5.75 Å². The van der Waals surface area contributed by atoms with E-state index in [2.05, 4.69) is 30.9 Å². The smallest absolute Gasteiger partial charge is 0.214 e. The van der Waals surface area contributed by atoms with Gasteiger partial charge in [-0.05, 0) is 29.3 Å². The minimum absolute atomic E-state index is 0.143. The molecule has 0 saturated carbocycles. The molecule has 1 aliphatic rings. The maximum absolute atomic E-state index is 11.3. The van der Waals surface area contributed by atoms with Crippen molar-refractivity contribution in [2.75, 3.05) is 25.6 Å². The molecule has 1 aliphatic heterocycles. The first-order valence-electron chi connectivity index (χ1n) is 8.66. The molecule has 3 rings (SSSR count). The van der Waals surface area contributed by atoms with Gasteiger partial charge in [-0.1, -0.05) is 50.3 Å². The van der Waals surface area contributed by atoms with Gasteiger partial charge in [-0.3, -0.25) is 10.1 Å². The number of para-hydroxylation sites is 1. The van der Waals surface area contributed by atoms with Crippen molar-refractivity contribution in [1.82, 2.24) is 0 Å². The molecule has 5 heteroatoms. The predicted molar refractivity (Wildman–Crippen MR) is 104 cm³/mol. The van der Waals surface area contributed by atoms with Crippen LogP contribution < -0.4 is 9.64 Å². The van der Waals surface area contributed by atoms with Gasteiger partial charge in [-0.15, -0.1) is 0 Å². The molecule has 26 heavy (non-hydrogen) atoms. The Hall–Kier alpha value is -2.82. The highest BCUT2D eigenvalue weighted by Crippen LogP contribution is 2.47. The van der Waals surface area contributed by atoms with Crippen LogP contribution in [0.1, 0.15) is 30.9 Å². The lowest BCUT2D eigenvalue weighted by atomic mass is 9.82. The SMILES string of the molecule is COc1ccc(C(/C=C2\N(C)c3ccccc3C2(C)C)C[N+](=O)[O-])cc1. The molecule has 0 aliphatic carbocycles. The number of nitro groups is 1. The van der Waals surface area contributed by atoms with Crippen LogP contribution in [0.4, 0.5) is 5.69 Å². The Labute approximate surface area is 154 Å². The molecule has 2 aromatic carbocycles. The second-order valence-corrected chi connectivity index (χ2v) is 7.15. The molecule has 5 nitrogen and oxygen atoms in total. The second-order valence-electron chi connectivity index (χ2n) is 7.15. The Morgan fingerprint density at radius 2 is 1.85 bits per heavy atom. The molecular weight excluding hydrogens is 328 g/mol. The molecule has 1 heterocycles. The van der Waals surface area contributed by atoms with E-state index in [-0.39, 0.29) is 22.8 Å². The summed E-state index contributed by atoms with van der Waals surface area (Å²) in [7, 11) is 3.63. The zero-order chi connectivity index (χ0) is 18.9. The van der Waals surface area contributed by atoms with Gasteiger partial charge in [0.15, 0.2) is 0 Å². The van der Waals surface area contributed by atoms with Gasteiger partial charge in [0.1, 0.15) is 5.75 Å². The fourth-order valence-corrected chi connectivity index (χ4v) is 3.76. The van der Waals surface area contributed by atoms with E-state index in [9.17, 15) is 10.1 Å². The van der Waals surface area contributed by atoms with E-state index in [1.165, 1.54) is 5.56 Å². The fraction of sp³-hybridized carbons (Fsp3) is 0.333. The number of benzene rings is 2. The van der Waals surface area contributed by atoms with E-state index < -0.39 is 0 Å². The minimum atomic E-state index is -0.304. The van der Waals surface area contributed by atoms with Crippen LogP contribution in [0.25, 0.3) is 0 Å². The number of rotatable bonds is 5. The van der Waals surface area contributed by atoms with Gasteiger partial charge in [0.05, 0.1) is 13.0 Å². The van der Waals surface area contributed by atoms with E-state index in [4.69, 9.17) is 4.74 Å². The van der Waals surface area contributed by atoms with Crippen molar-refractivity contribution in [1.29, 1.82) is 0 Å². The summed E-state index contributed by atoms with van der Waals surface area (Å²) in [6.07, 6.45) is 2.05. The molecule has 0 amide bonds. The summed E-state index contributed by atoms with van der Waals surface area (Å²) in [5.41, 5.74) is 4.19. The van der Waals surface area contributed by atoms with Crippen LogP contribution in [-0.2, 0) is 5.41 Å². The van der Waals surface area contributed by atoms with Crippen molar-refractivity contribution in [2.45, 2.75) is 25.2 Å². The Morgan fingerprint density at radius 1 is 1.19 bits per heavy atom. The average Bonchev–Trinajstić information content (AvgIpc) is 2.82. The Bertz CT molecular complexity index is 841. The molecule has 1 atom stereocenters. The Balaban J connectivity index is 2.04. The Kier molecular flexibility index (Phi) is 4.72. The monoisotopic (exact) mass is 352 g/mol. The zero-order valence-electron chi connectivity index (χ0n) is 15.6. The summed E-state index contributed by atoms with van der Waals surface area (Å²) in [4.78, 5) is 13.2. The third kappa shape index (κ3) is 3.17. The Morgan fingerprint density at radius 3 is 2.42 bits per heavy atom. The number of hydrogen-bond donors (Lipinski definition) is 0. The standard InChI is InChI=1S/C21H24N2O3/c1-21(2)18-7-5-6-8-19(18)22(3)20(21)13-16(14-23(24)25)15-9-11-17(26-4)12-10-15/h5-13,16H,14H2,1-4H3/b20-13-.